The number of ether oxygens (including phenoxy) is 1. The van der Waals surface area contributed by atoms with Gasteiger partial charge in [0.05, 0.1) is 0 Å². The number of unbranched alkanes of at least 4 members (excludes halogenated alkanes) is 1. The van der Waals surface area contributed by atoms with Crippen molar-refractivity contribution in [3.8, 4) is 0 Å². The molecule has 3 unspecified atom stereocenters. The van der Waals surface area contributed by atoms with Crippen LogP contribution in [0.1, 0.15) is 38.4 Å². The molecule has 1 aromatic carbocycles. The smallest absolute Gasteiger partial charge is 0.128 e. The zero-order valence-electron chi connectivity index (χ0n) is 10.6. The number of hydrogen-bond acceptors (Lipinski definition) is 2. The molecule has 0 amide bonds. The lowest BCUT2D eigenvalue weighted by atomic mass is 10.0. The van der Waals surface area contributed by atoms with Gasteiger partial charge in [0.25, 0.3) is 0 Å². The largest absolute Gasteiger partial charge is 0.350 e. The van der Waals surface area contributed by atoms with Gasteiger partial charge in [0.1, 0.15) is 12.3 Å². The molecule has 0 aromatic heterocycles. The molecule has 2 nitrogen and oxygen atoms in total. The Morgan fingerprint density at radius 1 is 1.29 bits per heavy atom. The molecule has 1 fully saturated rings. The molecule has 2 rings (SSSR count). The molecule has 1 heterocycles. The van der Waals surface area contributed by atoms with Crippen molar-refractivity contribution in [2.24, 2.45) is 0 Å². The maximum atomic E-state index is 6.01. The summed E-state index contributed by atoms with van der Waals surface area (Å²) in [6, 6.07) is 10.8. The summed E-state index contributed by atoms with van der Waals surface area (Å²) in [7, 11) is 0. The van der Waals surface area contributed by atoms with Crippen LogP contribution in [0.5, 0.6) is 0 Å². The van der Waals surface area contributed by atoms with Crippen molar-refractivity contribution in [3.63, 3.8) is 0 Å². The van der Waals surface area contributed by atoms with Gasteiger partial charge in [-0.3, -0.25) is 5.32 Å². The van der Waals surface area contributed by atoms with E-state index in [1.54, 1.807) is 0 Å². The second kappa shape index (κ2) is 5.99. The summed E-state index contributed by atoms with van der Waals surface area (Å²) in [5.74, 6) is 0. The van der Waals surface area contributed by atoms with Crippen LogP contribution in [-0.2, 0) is 4.74 Å². The molecule has 0 spiro atoms. The SMILES string of the molecule is CCC/C=C/C1NC(C)C(c2ccccc2)O1. The summed E-state index contributed by atoms with van der Waals surface area (Å²) in [5.41, 5.74) is 1.25. The van der Waals surface area contributed by atoms with E-state index in [0.29, 0.717) is 6.04 Å². The third-order valence-corrected chi connectivity index (χ3v) is 3.07. The Labute approximate surface area is 104 Å². The Morgan fingerprint density at radius 2 is 2.06 bits per heavy atom. The molecule has 1 aliphatic rings. The molecule has 2 heteroatoms. The van der Waals surface area contributed by atoms with Crippen LogP contribution in [0.25, 0.3) is 0 Å². The molecule has 17 heavy (non-hydrogen) atoms. The fourth-order valence-electron chi connectivity index (χ4n) is 2.16. The summed E-state index contributed by atoms with van der Waals surface area (Å²) < 4.78 is 6.01. The maximum Gasteiger partial charge on any atom is 0.128 e. The van der Waals surface area contributed by atoms with Gasteiger partial charge >= 0.3 is 0 Å². The molecular formula is C15H21NO. The average molecular weight is 231 g/mol. The van der Waals surface area contributed by atoms with Gasteiger partial charge in [0, 0.05) is 6.04 Å². The zero-order valence-corrected chi connectivity index (χ0v) is 10.6. The number of benzene rings is 1. The molecule has 3 atom stereocenters. The summed E-state index contributed by atoms with van der Waals surface area (Å²) in [4.78, 5) is 0. The number of allylic oxidation sites excluding steroid dienone is 1. The quantitative estimate of drug-likeness (QED) is 0.802. The molecule has 1 N–H and O–H groups in total. The van der Waals surface area contributed by atoms with Gasteiger partial charge < -0.3 is 4.74 Å². The number of nitrogens with one attached hydrogen (secondary N) is 1. The van der Waals surface area contributed by atoms with E-state index in [2.05, 4.69) is 55.6 Å². The van der Waals surface area contributed by atoms with E-state index >= 15 is 0 Å². The van der Waals surface area contributed by atoms with Crippen molar-refractivity contribution in [3.05, 3.63) is 48.0 Å². The highest BCUT2D eigenvalue weighted by Crippen LogP contribution is 2.28. The average Bonchev–Trinajstić information content (AvgIpc) is 2.72. The lowest BCUT2D eigenvalue weighted by Crippen LogP contribution is -2.27. The van der Waals surface area contributed by atoms with Crippen LogP contribution in [0, 0.1) is 0 Å². The van der Waals surface area contributed by atoms with Crippen LogP contribution in [0.4, 0.5) is 0 Å². The Morgan fingerprint density at radius 3 is 2.76 bits per heavy atom. The predicted octanol–water partition coefficient (Wildman–Crippen LogP) is 3.42. The van der Waals surface area contributed by atoms with Crippen LogP contribution in [0.2, 0.25) is 0 Å². The van der Waals surface area contributed by atoms with Crippen molar-refractivity contribution in [1.29, 1.82) is 0 Å². The lowest BCUT2D eigenvalue weighted by Gasteiger charge is -2.13. The second-order valence-electron chi connectivity index (χ2n) is 4.56. The van der Waals surface area contributed by atoms with E-state index in [9.17, 15) is 0 Å². The van der Waals surface area contributed by atoms with E-state index in [1.165, 1.54) is 12.0 Å². The minimum Gasteiger partial charge on any atom is -0.350 e. The number of rotatable bonds is 4. The fourth-order valence-corrected chi connectivity index (χ4v) is 2.16. The zero-order chi connectivity index (χ0) is 12.1. The monoisotopic (exact) mass is 231 g/mol. The summed E-state index contributed by atoms with van der Waals surface area (Å²) >= 11 is 0. The minimum atomic E-state index is 0.0572. The van der Waals surface area contributed by atoms with E-state index in [0.717, 1.165) is 6.42 Å². The van der Waals surface area contributed by atoms with E-state index in [-0.39, 0.29) is 12.3 Å². The van der Waals surface area contributed by atoms with Gasteiger partial charge in [-0.15, -0.1) is 0 Å². The second-order valence-corrected chi connectivity index (χ2v) is 4.56. The molecule has 92 valence electrons. The van der Waals surface area contributed by atoms with Crippen molar-refractivity contribution in [2.75, 3.05) is 0 Å². The Hall–Kier alpha value is -1.12. The normalized spacial score (nSPS) is 28.9. The molecule has 1 saturated heterocycles. The van der Waals surface area contributed by atoms with Crippen molar-refractivity contribution in [2.45, 2.75) is 45.1 Å². The van der Waals surface area contributed by atoms with Crippen LogP contribution < -0.4 is 5.32 Å². The summed E-state index contributed by atoms with van der Waals surface area (Å²) in [6.07, 6.45) is 6.84. The summed E-state index contributed by atoms with van der Waals surface area (Å²) in [6.45, 7) is 4.36. The molecular weight excluding hydrogens is 210 g/mol. The van der Waals surface area contributed by atoms with Crippen molar-refractivity contribution < 1.29 is 4.74 Å². The third-order valence-electron chi connectivity index (χ3n) is 3.07. The number of hydrogen-bond donors (Lipinski definition) is 1. The lowest BCUT2D eigenvalue weighted by molar-refractivity contribution is 0.0638. The van der Waals surface area contributed by atoms with E-state index in [1.807, 2.05) is 6.07 Å². The Bertz CT molecular complexity index is 360. The molecule has 1 aromatic rings. The Balaban J connectivity index is 1.98. The van der Waals surface area contributed by atoms with Gasteiger partial charge in [0.2, 0.25) is 0 Å². The Kier molecular flexibility index (Phi) is 4.35. The van der Waals surface area contributed by atoms with Gasteiger partial charge in [-0.25, -0.2) is 0 Å². The van der Waals surface area contributed by atoms with Gasteiger partial charge in [-0.05, 0) is 25.0 Å². The third kappa shape index (κ3) is 3.18. The highest BCUT2D eigenvalue weighted by atomic mass is 16.5. The first-order valence-corrected chi connectivity index (χ1v) is 6.44. The van der Waals surface area contributed by atoms with Gasteiger partial charge in [-0.2, -0.15) is 0 Å². The topological polar surface area (TPSA) is 21.3 Å². The van der Waals surface area contributed by atoms with Crippen LogP contribution >= 0.6 is 0 Å². The van der Waals surface area contributed by atoms with Crippen molar-refractivity contribution in [1.82, 2.24) is 5.32 Å². The van der Waals surface area contributed by atoms with Gasteiger partial charge in [-0.1, -0.05) is 49.8 Å². The molecule has 0 bridgehead atoms. The first kappa shape index (κ1) is 12.3. The highest BCUT2D eigenvalue weighted by Gasteiger charge is 2.30. The predicted molar refractivity (Wildman–Crippen MR) is 70.7 cm³/mol. The minimum absolute atomic E-state index is 0.0572. The van der Waals surface area contributed by atoms with Crippen LogP contribution in [0.15, 0.2) is 42.5 Å². The first-order valence-electron chi connectivity index (χ1n) is 6.44. The van der Waals surface area contributed by atoms with E-state index in [4.69, 9.17) is 4.74 Å². The van der Waals surface area contributed by atoms with Crippen molar-refractivity contribution >= 4 is 0 Å². The standard InChI is InChI=1S/C15H21NO/c1-3-4-6-11-14-16-12(2)15(17-14)13-9-7-5-8-10-13/h5-12,14-16H,3-4H2,1-2H3/b11-6+. The molecule has 0 saturated carbocycles. The first-order chi connectivity index (χ1) is 8.31. The van der Waals surface area contributed by atoms with Gasteiger partial charge in [0.15, 0.2) is 0 Å². The fraction of sp³-hybridized carbons (Fsp3) is 0.467. The van der Waals surface area contributed by atoms with Crippen LogP contribution in [-0.4, -0.2) is 12.3 Å². The molecule has 1 aliphatic heterocycles. The van der Waals surface area contributed by atoms with E-state index < -0.39 is 0 Å². The molecule has 0 aliphatic carbocycles. The summed E-state index contributed by atoms with van der Waals surface area (Å²) in [5, 5.41) is 3.45. The maximum absolute atomic E-state index is 6.01. The van der Waals surface area contributed by atoms with Crippen LogP contribution in [0.3, 0.4) is 0 Å². The molecule has 0 radical (unpaired) electrons. The highest BCUT2D eigenvalue weighted by molar-refractivity contribution is 5.20.